The molecule has 0 aliphatic carbocycles. The van der Waals surface area contributed by atoms with Crippen molar-refractivity contribution in [2.75, 3.05) is 0 Å². The van der Waals surface area contributed by atoms with Crippen LogP contribution >= 0.6 is 0 Å². The van der Waals surface area contributed by atoms with Crippen molar-refractivity contribution in [1.82, 2.24) is 6.15 Å². The summed E-state index contributed by atoms with van der Waals surface area (Å²) in [6, 6.07) is 8.30. The molecule has 56 valence electrons. The molecule has 0 aliphatic rings. The van der Waals surface area contributed by atoms with Crippen LogP contribution in [0.4, 0.5) is 0 Å². The van der Waals surface area contributed by atoms with Gasteiger partial charge in [0, 0.05) is 0 Å². The van der Waals surface area contributed by atoms with Gasteiger partial charge in [0.05, 0.1) is 5.56 Å². The van der Waals surface area contributed by atoms with Gasteiger partial charge in [-0.25, -0.2) is 4.79 Å². The predicted molar refractivity (Wildman–Crippen MR) is 39.5 cm³/mol. The molecule has 0 aromatic heterocycles. The maximum atomic E-state index is 10.2. The maximum absolute atomic E-state index is 10.2. The summed E-state index contributed by atoms with van der Waals surface area (Å²) in [4.78, 5) is 10.2. The van der Waals surface area contributed by atoms with E-state index in [1.54, 1.807) is 30.3 Å². The molecule has 0 fully saturated rings. The van der Waals surface area contributed by atoms with Crippen molar-refractivity contribution in [3.63, 3.8) is 0 Å². The van der Waals surface area contributed by atoms with Crippen LogP contribution in [0.1, 0.15) is 11.8 Å². The Bertz CT molecular complexity index is 218. The minimum atomic E-state index is -0.879. The monoisotopic (exact) mass is 163 g/mol. The minimum Gasteiger partial charge on any atom is -1.00 e. The molecule has 0 unspecified atom stereocenters. The number of hydrogen-bond donors (Lipinski definition) is 2. The van der Waals surface area contributed by atoms with Gasteiger partial charge in [0.1, 0.15) is 0 Å². The Morgan fingerprint density at radius 2 is 1.73 bits per heavy atom. The van der Waals surface area contributed by atoms with Gasteiger partial charge in [0.2, 0.25) is 0 Å². The van der Waals surface area contributed by atoms with E-state index in [1.807, 2.05) is 0 Å². The maximum Gasteiger partial charge on any atom is 1.00 e. The van der Waals surface area contributed by atoms with E-state index < -0.39 is 5.97 Å². The van der Waals surface area contributed by atoms with Gasteiger partial charge >= 0.3 is 35.5 Å². The molecule has 4 N–H and O–H groups in total. The van der Waals surface area contributed by atoms with Crippen molar-refractivity contribution in [3.8, 4) is 0 Å². The quantitative estimate of drug-likeness (QED) is 0.503. The van der Waals surface area contributed by atoms with Gasteiger partial charge in [0.25, 0.3) is 0 Å². The normalized spacial score (nSPS) is 7.27. The van der Waals surface area contributed by atoms with Crippen LogP contribution in [0.2, 0.25) is 0 Å². The first-order chi connectivity index (χ1) is 4.30. The molecule has 0 amide bonds. The van der Waals surface area contributed by atoms with Gasteiger partial charge in [-0.2, -0.15) is 0 Å². The molecule has 0 atom stereocenters. The molecule has 1 rings (SSSR count). The number of hydrogen-bond acceptors (Lipinski definition) is 2. The van der Waals surface area contributed by atoms with Crippen molar-refractivity contribution in [2.45, 2.75) is 0 Å². The molecule has 0 saturated carbocycles. The van der Waals surface area contributed by atoms with E-state index in [4.69, 9.17) is 5.11 Å². The summed E-state index contributed by atoms with van der Waals surface area (Å²) in [5.74, 6) is -0.879. The summed E-state index contributed by atoms with van der Waals surface area (Å²) in [5.41, 5.74) is 0.331. The van der Waals surface area contributed by atoms with Crippen molar-refractivity contribution in [1.29, 1.82) is 0 Å². The number of carboxylic acid groups (broad SMARTS) is 1. The smallest absolute Gasteiger partial charge is 1.00 e. The van der Waals surface area contributed by atoms with E-state index in [0.717, 1.165) is 0 Å². The van der Waals surface area contributed by atoms with E-state index in [-0.39, 0.29) is 37.1 Å². The molecule has 0 saturated heterocycles. The number of rotatable bonds is 1. The summed E-state index contributed by atoms with van der Waals surface area (Å²) >= 11 is 0. The van der Waals surface area contributed by atoms with Crippen LogP contribution in [-0.2, 0) is 0 Å². The Morgan fingerprint density at radius 3 is 2.00 bits per heavy atom. The standard InChI is InChI=1S/C7H6O2.H3N.Na.H/c8-7(9)6-4-2-1-3-5-6;;;/h1-5H,(H,8,9);1H3;;/q;;+1;-1. The molecule has 0 bridgehead atoms. The Morgan fingerprint density at radius 1 is 1.27 bits per heavy atom. The third-order valence-electron chi connectivity index (χ3n) is 1.02. The molecule has 1 aromatic carbocycles. The summed E-state index contributed by atoms with van der Waals surface area (Å²) in [6.45, 7) is 0. The zero-order valence-corrected chi connectivity index (χ0v) is 8.45. The van der Waals surface area contributed by atoms with Gasteiger partial charge < -0.3 is 12.7 Å². The molecular weight excluding hydrogens is 153 g/mol. The van der Waals surface area contributed by atoms with E-state index in [9.17, 15) is 4.79 Å². The largest absolute Gasteiger partial charge is 1.00 e. The van der Waals surface area contributed by atoms with Gasteiger partial charge in [-0.1, -0.05) is 18.2 Å². The van der Waals surface area contributed by atoms with Crippen molar-refractivity contribution >= 4 is 5.97 Å². The zero-order chi connectivity index (χ0) is 6.69. The Labute approximate surface area is 88.8 Å². The van der Waals surface area contributed by atoms with E-state index in [1.165, 1.54) is 0 Å². The minimum absolute atomic E-state index is 0. The molecular formula is C7H10NNaO2. The van der Waals surface area contributed by atoms with Crippen LogP contribution < -0.4 is 35.7 Å². The third-order valence-corrected chi connectivity index (χ3v) is 1.02. The first-order valence-electron chi connectivity index (χ1n) is 2.59. The summed E-state index contributed by atoms with van der Waals surface area (Å²) in [5, 5.41) is 8.38. The first kappa shape index (κ1) is 13.3. The topological polar surface area (TPSA) is 72.3 Å². The fourth-order valence-electron chi connectivity index (χ4n) is 0.581. The second-order valence-corrected chi connectivity index (χ2v) is 1.67. The van der Waals surface area contributed by atoms with E-state index in [2.05, 4.69) is 0 Å². The number of carboxylic acids is 1. The molecule has 0 aliphatic heterocycles. The number of carbonyl (C=O) groups is 1. The van der Waals surface area contributed by atoms with Crippen molar-refractivity contribution < 1.29 is 40.9 Å². The molecule has 0 spiro atoms. The second-order valence-electron chi connectivity index (χ2n) is 1.67. The summed E-state index contributed by atoms with van der Waals surface area (Å²) in [6.07, 6.45) is 0. The fourth-order valence-corrected chi connectivity index (χ4v) is 0.581. The SMILES string of the molecule is N.O=C(O)c1ccccc1.[H-].[Na+]. The van der Waals surface area contributed by atoms with Gasteiger partial charge in [-0.05, 0) is 12.1 Å². The number of benzene rings is 1. The Hall–Kier alpha value is -0.350. The average Bonchev–Trinajstić information content (AvgIpc) is 1.90. The van der Waals surface area contributed by atoms with Crippen molar-refractivity contribution in [2.24, 2.45) is 0 Å². The van der Waals surface area contributed by atoms with Gasteiger partial charge in [-0.3, -0.25) is 0 Å². The van der Waals surface area contributed by atoms with Crippen molar-refractivity contribution in [3.05, 3.63) is 35.9 Å². The van der Waals surface area contributed by atoms with Crippen LogP contribution in [0.5, 0.6) is 0 Å². The molecule has 0 heterocycles. The van der Waals surface area contributed by atoms with Crippen LogP contribution in [0.25, 0.3) is 0 Å². The third kappa shape index (κ3) is 4.16. The second kappa shape index (κ2) is 6.37. The van der Waals surface area contributed by atoms with Gasteiger partial charge in [0.15, 0.2) is 0 Å². The number of aromatic carboxylic acids is 1. The summed E-state index contributed by atoms with van der Waals surface area (Å²) < 4.78 is 0. The van der Waals surface area contributed by atoms with Gasteiger partial charge in [-0.15, -0.1) is 0 Å². The Kier molecular flexibility index (Phi) is 7.67. The van der Waals surface area contributed by atoms with E-state index >= 15 is 0 Å². The Balaban J connectivity index is -0.000000270. The fraction of sp³-hybridized carbons (Fsp3) is 0. The first-order valence-corrected chi connectivity index (χ1v) is 2.59. The van der Waals surface area contributed by atoms with Crippen LogP contribution in [0, 0.1) is 0 Å². The zero-order valence-electron chi connectivity index (χ0n) is 7.45. The molecule has 1 aromatic rings. The van der Waals surface area contributed by atoms with Crippen LogP contribution in [0.15, 0.2) is 30.3 Å². The van der Waals surface area contributed by atoms with Crippen LogP contribution in [-0.4, -0.2) is 11.1 Å². The molecule has 4 heteroatoms. The molecule has 11 heavy (non-hydrogen) atoms. The van der Waals surface area contributed by atoms with Crippen LogP contribution in [0.3, 0.4) is 0 Å². The summed E-state index contributed by atoms with van der Waals surface area (Å²) in [7, 11) is 0. The average molecular weight is 163 g/mol. The van der Waals surface area contributed by atoms with E-state index in [0.29, 0.717) is 5.56 Å². The molecule has 0 radical (unpaired) electrons. The predicted octanol–water partition coefficient (Wildman–Crippen LogP) is -1.34. The molecule has 3 nitrogen and oxygen atoms in total.